The molecule has 0 heterocycles. The fourth-order valence-electron chi connectivity index (χ4n) is 3.16. The highest BCUT2D eigenvalue weighted by atomic mass is 35.5. The van der Waals surface area contributed by atoms with E-state index in [0.29, 0.717) is 40.4 Å². The number of nitriles is 1. The van der Waals surface area contributed by atoms with Crippen LogP contribution in [0.3, 0.4) is 0 Å². The number of ether oxygens (including phenoxy) is 2. The van der Waals surface area contributed by atoms with E-state index in [-0.39, 0.29) is 22.8 Å². The molecule has 7 nitrogen and oxygen atoms in total. The van der Waals surface area contributed by atoms with Crippen LogP contribution < -0.4 is 9.47 Å². The fraction of sp³-hybridized carbons (Fsp3) is 0.115. The van der Waals surface area contributed by atoms with Crippen LogP contribution in [0.25, 0.3) is 11.6 Å². The van der Waals surface area contributed by atoms with Crippen LogP contribution in [0.4, 0.5) is 0 Å². The molecule has 3 rings (SSSR count). The molecule has 0 saturated carbocycles. The second-order valence-corrected chi connectivity index (χ2v) is 7.52. The number of carboxylic acids is 2. The smallest absolute Gasteiger partial charge is 0.335 e. The van der Waals surface area contributed by atoms with E-state index in [0.717, 1.165) is 0 Å². The van der Waals surface area contributed by atoms with Crippen molar-refractivity contribution in [3.8, 4) is 17.6 Å². The standard InChI is InChI=1S/C26H20ClNO6/c1-2-33-23-13-17(11-21(14-28)18-6-8-19(9-7-18)25(29)30)12-22(27)24(23)34-15-16-4-3-5-20(10-16)26(31)32/h3-13H,2,15H2,1H3,(H,29,30)(H,31,32)/b21-11-. The molecule has 8 heteroatoms. The number of allylic oxidation sites excluding steroid dienone is 1. The summed E-state index contributed by atoms with van der Waals surface area (Å²) >= 11 is 6.47. The van der Waals surface area contributed by atoms with Crippen molar-refractivity contribution in [1.82, 2.24) is 0 Å². The number of aromatic carboxylic acids is 2. The molecule has 0 bridgehead atoms. The molecule has 0 aliphatic carbocycles. The van der Waals surface area contributed by atoms with Gasteiger partial charge < -0.3 is 19.7 Å². The van der Waals surface area contributed by atoms with E-state index in [1.165, 1.54) is 24.3 Å². The van der Waals surface area contributed by atoms with E-state index in [4.69, 9.17) is 31.3 Å². The first kappa shape index (κ1) is 24.4. The molecule has 3 aromatic carbocycles. The first-order valence-corrected chi connectivity index (χ1v) is 10.6. The van der Waals surface area contributed by atoms with Gasteiger partial charge in [0.05, 0.1) is 34.4 Å². The average Bonchev–Trinajstić information content (AvgIpc) is 2.82. The normalized spacial score (nSPS) is 10.9. The Labute approximate surface area is 201 Å². The van der Waals surface area contributed by atoms with Gasteiger partial charge in [0.15, 0.2) is 11.5 Å². The average molecular weight is 478 g/mol. The molecule has 34 heavy (non-hydrogen) atoms. The molecule has 0 aliphatic rings. The van der Waals surface area contributed by atoms with Crippen molar-refractivity contribution in [1.29, 1.82) is 5.26 Å². The molecular formula is C26H20ClNO6. The van der Waals surface area contributed by atoms with E-state index in [1.54, 1.807) is 49.4 Å². The maximum absolute atomic E-state index is 11.2. The molecule has 0 saturated heterocycles. The van der Waals surface area contributed by atoms with Crippen LogP contribution in [-0.2, 0) is 6.61 Å². The summed E-state index contributed by atoms with van der Waals surface area (Å²) in [5.74, 6) is -1.41. The third-order valence-corrected chi connectivity index (χ3v) is 5.04. The molecule has 0 spiro atoms. The lowest BCUT2D eigenvalue weighted by atomic mass is 10.0. The molecular weight excluding hydrogens is 458 g/mol. The molecule has 0 aliphatic heterocycles. The summed E-state index contributed by atoms with van der Waals surface area (Å²) in [6, 6.07) is 17.8. The minimum absolute atomic E-state index is 0.0788. The number of hydrogen-bond donors (Lipinski definition) is 2. The van der Waals surface area contributed by atoms with Gasteiger partial charge in [-0.1, -0.05) is 35.9 Å². The number of hydrogen-bond acceptors (Lipinski definition) is 5. The molecule has 0 unspecified atom stereocenters. The van der Waals surface area contributed by atoms with Crippen molar-refractivity contribution >= 4 is 35.2 Å². The van der Waals surface area contributed by atoms with Gasteiger partial charge in [-0.2, -0.15) is 5.26 Å². The fourth-order valence-corrected chi connectivity index (χ4v) is 3.44. The van der Waals surface area contributed by atoms with E-state index >= 15 is 0 Å². The van der Waals surface area contributed by atoms with Gasteiger partial charge >= 0.3 is 11.9 Å². The first-order valence-electron chi connectivity index (χ1n) is 10.2. The summed E-state index contributed by atoms with van der Waals surface area (Å²) in [6.45, 7) is 2.23. The van der Waals surface area contributed by atoms with Crippen LogP contribution >= 0.6 is 11.6 Å². The van der Waals surface area contributed by atoms with Gasteiger partial charge in [-0.15, -0.1) is 0 Å². The van der Waals surface area contributed by atoms with Gasteiger partial charge in [-0.05, 0) is 66.1 Å². The van der Waals surface area contributed by atoms with Crippen LogP contribution in [0, 0.1) is 11.3 Å². The molecule has 172 valence electrons. The highest BCUT2D eigenvalue weighted by Gasteiger charge is 2.14. The largest absolute Gasteiger partial charge is 0.490 e. The van der Waals surface area contributed by atoms with Crippen molar-refractivity contribution in [3.05, 3.63) is 93.5 Å². The van der Waals surface area contributed by atoms with Crippen LogP contribution in [0.1, 0.15) is 44.3 Å². The Morgan fingerprint density at radius 3 is 2.26 bits per heavy atom. The zero-order chi connectivity index (χ0) is 24.7. The lowest BCUT2D eigenvalue weighted by Crippen LogP contribution is -2.03. The van der Waals surface area contributed by atoms with Crippen molar-refractivity contribution in [2.45, 2.75) is 13.5 Å². The SMILES string of the molecule is CCOc1cc(/C=C(/C#N)c2ccc(C(=O)O)cc2)cc(Cl)c1OCc1cccc(C(=O)O)c1. The summed E-state index contributed by atoms with van der Waals surface area (Å²) < 4.78 is 11.5. The van der Waals surface area contributed by atoms with Crippen molar-refractivity contribution < 1.29 is 29.3 Å². The lowest BCUT2D eigenvalue weighted by Gasteiger charge is -2.15. The summed E-state index contributed by atoms with van der Waals surface area (Å²) in [4.78, 5) is 22.2. The van der Waals surface area contributed by atoms with E-state index in [2.05, 4.69) is 6.07 Å². The van der Waals surface area contributed by atoms with E-state index in [1.807, 2.05) is 0 Å². The zero-order valence-corrected chi connectivity index (χ0v) is 18.9. The number of rotatable bonds is 9. The number of carbonyl (C=O) groups is 2. The second-order valence-electron chi connectivity index (χ2n) is 7.11. The predicted octanol–water partition coefficient (Wildman–Crippen LogP) is 5.78. The molecule has 0 aromatic heterocycles. The van der Waals surface area contributed by atoms with Gasteiger partial charge in [0, 0.05) is 0 Å². The number of benzene rings is 3. The Morgan fingerprint density at radius 1 is 0.971 bits per heavy atom. The lowest BCUT2D eigenvalue weighted by molar-refractivity contribution is 0.0686. The third kappa shape index (κ3) is 5.94. The highest BCUT2D eigenvalue weighted by Crippen LogP contribution is 2.38. The van der Waals surface area contributed by atoms with Crippen molar-refractivity contribution in [2.24, 2.45) is 0 Å². The van der Waals surface area contributed by atoms with Gasteiger partial charge in [-0.3, -0.25) is 0 Å². The molecule has 0 fully saturated rings. The number of carboxylic acid groups (broad SMARTS) is 2. The van der Waals surface area contributed by atoms with E-state index in [9.17, 15) is 14.9 Å². The van der Waals surface area contributed by atoms with Crippen LogP contribution in [0.15, 0.2) is 60.7 Å². The Kier molecular flexibility index (Phi) is 7.91. The van der Waals surface area contributed by atoms with Crippen molar-refractivity contribution in [3.63, 3.8) is 0 Å². The monoisotopic (exact) mass is 477 g/mol. The summed E-state index contributed by atoms with van der Waals surface area (Å²) in [7, 11) is 0. The van der Waals surface area contributed by atoms with Crippen molar-refractivity contribution in [2.75, 3.05) is 6.61 Å². The van der Waals surface area contributed by atoms with Crippen LogP contribution in [0.5, 0.6) is 11.5 Å². The van der Waals surface area contributed by atoms with Gasteiger partial charge in [0.25, 0.3) is 0 Å². The maximum Gasteiger partial charge on any atom is 0.335 e. The maximum atomic E-state index is 11.2. The molecule has 0 amide bonds. The number of halogens is 1. The minimum Gasteiger partial charge on any atom is -0.490 e. The molecule has 2 N–H and O–H groups in total. The molecule has 0 radical (unpaired) electrons. The second kappa shape index (κ2) is 11.0. The quantitative estimate of drug-likeness (QED) is 0.296. The Bertz CT molecular complexity index is 1290. The Morgan fingerprint density at radius 2 is 1.65 bits per heavy atom. The van der Waals surface area contributed by atoms with Gasteiger partial charge in [0.2, 0.25) is 0 Å². The summed E-state index contributed by atoms with van der Waals surface area (Å²) in [6.07, 6.45) is 1.62. The zero-order valence-electron chi connectivity index (χ0n) is 18.1. The predicted molar refractivity (Wildman–Crippen MR) is 127 cm³/mol. The number of nitrogens with zero attached hydrogens (tertiary/aromatic N) is 1. The van der Waals surface area contributed by atoms with Crippen LogP contribution in [-0.4, -0.2) is 28.8 Å². The summed E-state index contributed by atoms with van der Waals surface area (Å²) in [5, 5.41) is 28.1. The van der Waals surface area contributed by atoms with E-state index < -0.39 is 11.9 Å². The highest BCUT2D eigenvalue weighted by molar-refractivity contribution is 6.32. The summed E-state index contributed by atoms with van der Waals surface area (Å²) in [5.41, 5.74) is 2.39. The topological polar surface area (TPSA) is 117 Å². The third-order valence-electron chi connectivity index (χ3n) is 4.76. The first-order chi connectivity index (χ1) is 16.3. The molecule has 3 aromatic rings. The Balaban J connectivity index is 1.90. The van der Waals surface area contributed by atoms with Crippen LogP contribution in [0.2, 0.25) is 5.02 Å². The van der Waals surface area contributed by atoms with Gasteiger partial charge in [-0.25, -0.2) is 9.59 Å². The minimum atomic E-state index is -1.05. The molecule has 0 atom stereocenters. The van der Waals surface area contributed by atoms with Gasteiger partial charge in [0.1, 0.15) is 6.61 Å². The Hall–Kier alpha value is -4.28.